The van der Waals surface area contributed by atoms with E-state index in [1.807, 2.05) is 12.1 Å². The van der Waals surface area contributed by atoms with E-state index in [9.17, 15) is 9.59 Å². The molecule has 1 aromatic rings. The summed E-state index contributed by atoms with van der Waals surface area (Å²) in [5.74, 6) is -0.0972. The van der Waals surface area contributed by atoms with E-state index in [0.29, 0.717) is 5.56 Å². The van der Waals surface area contributed by atoms with Crippen LogP contribution >= 0.6 is 15.9 Å². The number of hydrogen-bond donors (Lipinski definition) is 1. The molecular weight excluding hydrogens is 284 g/mol. The fourth-order valence-electron chi connectivity index (χ4n) is 1.35. The fraction of sp³-hybridized carbons (Fsp3) is 0.333. The highest BCUT2D eigenvalue weighted by Crippen LogP contribution is 2.11. The zero-order valence-corrected chi connectivity index (χ0v) is 11.5. The van der Waals surface area contributed by atoms with Gasteiger partial charge in [0.2, 0.25) is 5.91 Å². The summed E-state index contributed by atoms with van der Waals surface area (Å²) >= 11 is 3.31. The average Bonchev–Trinajstić information content (AvgIpc) is 2.29. The number of carbonyl (C=O) groups excluding carboxylic acids is 2. The van der Waals surface area contributed by atoms with Crippen molar-refractivity contribution in [1.29, 1.82) is 0 Å². The van der Waals surface area contributed by atoms with Gasteiger partial charge in [0, 0.05) is 17.1 Å². The van der Waals surface area contributed by atoms with Gasteiger partial charge >= 0.3 is 0 Å². The minimum atomic E-state index is -0.101. The molecule has 1 aromatic carbocycles. The maximum Gasteiger partial charge on any atom is 0.233 e. The Morgan fingerprint density at radius 3 is 2.35 bits per heavy atom. The molecule has 17 heavy (non-hydrogen) atoms. The Balaban J connectivity index is 2.54. The van der Waals surface area contributed by atoms with E-state index >= 15 is 0 Å². The maximum atomic E-state index is 11.8. The number of benzene rings is 1. The van der Waals surface area contributed by atoms with Gasteiger partial charge in [-0.2, -0.15) is 0 Å². The molecular formula is C12H15BrN2O2. The Labute approximate surface area is 109 Å². The van der Waals surface area contributed by atoms with Crippen LogP contribution in [-0.4, -0.2) is 43.8 Å². The molecule has 92 valence electrons. The van der Waals surface area contributed by atoms with Crippen molar-refractivity contribution in [2.24, 2.45) is 0 Å². The van der Waals surface area contributed by atoms with Crippen LogP contribution in [0.1, 0.15) is 10.4 Å². The molecule has 0 atom stereocenters. The first-order valence-corrected chi connectivity index (χ1v) is 6.00. The molecule has 0 radical (unpaired) electrons. The zero-order valence-electron chi connectivity index (χ0n) is 9.87. The van der Waals surface area contributed by atoms with Gasteiger partial charge in [-0.05, 0) is 19.2 Å². The highest BCUT2D eigenvalue weighted by Gasteiger charge is 2.11. The van der Waals surface area contributed by atoms with Gasteiger partial charge in [0.25, 0.3) is 0 Å². The number of ketones is 1. The summed E-state index contributed by atoms with van der Waals surface area (Å²) < 4.78 is 0.938. The Kier molecular flexibility index (Phi) is 5.31. The van der Waals surface area contributed by atoms with Crippen molar-refractivity contribution in [1.82, 2.24) is 10.2 Å². The minimum absolute atomic E-state index is 0.00361. The van der Waals surface area contributed by atoms with E-state index in [-0.39, 0.29) is 24.8 Å². The van der Waals surface area contributed by atoms with E-state index < -0.39 is 0 Å². The first-order valence-electron chi connectivity index (χ1n) is 5.21. The molecule has 4 nitrogen and oxygen atoms in total. The smallest absolute Gasteiger partial charge is 0.233 e. The standard InChI is InChI=1S/C12H15BrN2O2/c1-14-12(17)8-15(2)7-11(16)9-3-5-10(13)6-4-9/h3-6H,7-8H2,1-2H3,(H,14,17). The Morgan fingerprint density at radius 2 is 1.82 bits per heavy atom. The average molecular weight is 299 g/mol. The van der Waals surface area contributed by atoms with Gasteiger partial charge in [-0.15, -0.1) is 0 Å². The molecule has 0 bridgehead atoms. The van der Waals surface area contributed by atoms with Crippen molar-refractivity contribution >= 4 is 27.6 Å². The number of carbonyl (C=O) groups is 2. The lowest BCUT2D eigenvalue weighted by molar-refractivity contribution is -0.121. The topological polar surface area (TPSA) is 49.4 Å². The van der Waals surface area contributed by atoms with Crippen LogP contribution in [0.4, 0.5) is 0 Å². The fourth-order valence-corrected chi connectivity index (χ4v) is 1.62. The van der Waals surface area contributed by atoms with Gasteiger partial charge < -0.3 is 5.32 Å². The number of rotatable bonds is 5. The molecule has 0 aliphatic heterocycles. The predicted molar refractivity (Wildman–Crippen MR) is 70.0 cm³/mol. The second-order valence-corrected chi connectivity index (χ2v) is 4.69. The summed E-state index contributed by atoms with van der Waals surface area (Å²) in [6, 6.07) is 7.18. The van der Waals surface area contributed by atoms with E-state index in [2.05, 4.69) is 21.2 Å². The molecule has 1 amide bonds. The second kappa shape index (κ2) is 6.51. The minimum Gasteiger partial charge on any atom is -0.358 e. The van der Waals surface area contributed by atoms with Crippen LogP contribution < -0.4 is 5.32 Å². The maximum absolute atomic E-state index is 11.8. The van der Waals surface area contributed by atoms with E-state index in [0.717, 1.165) is 4.47 Å². The molecule has 1 N–H and O–H groups in total. The van der Waals surface area contributed by atoms with Crippen molar-refractivity contribution in [2.75, 3.05) is 27.2 Å². The zero-order chi connectivity index (χ0) is 12.8. The second-order valence-electron chi connectivity index (χ2n) is 3.78. The largest absolute Gasteiger partial charge is 0.358 e. The third-order valence-electron chi connectivity index (χ3n) is 2.27. The number of halogens is 1. The summed E-state index contributed by atoms with van der Waals surface area (Å²) in [4.78, 5) is 24.6. The molecule has 0 heterocycles. The molecule has 0 fully saturated rings. The van der Waals surface area contributed by atoms with Gasteiger partial charge in [-0.1, -0.05) is 28.1 Å². The molecule has 0 aromatic heterocycles. The lowest BCUT2D eigenvalue weighted by Crippen LogP contribution is -2.36. The van der Waals surface area contributed by atoms with Crippen LogP contribution in [0, 0.1) is 0 Å². The SMILES string of the molecule is CNC(=O)CN(C)CC(=O)c1ccc(Br)cc1. The van der Waals surface area contributed by atoms with Gasteiger partial charge in [0.05, 0.1) is 13.1 Å². The lowest BCUT2D eigenvalue weighted by atomic mass is 10.1. The number of nitrogens with one attached hydrogen (secondary N) is 1. The molecule has 0 unspecified atom stereocenters. The molecule has 5 heteroatoms. The Morgan fingerprint density at radius 1 is 1.24 bits per heavy atom. The van der Waals surface area contributed by atoms with Crippen molar-refractivity contribution in [3.63, 3.8) is 0 Å². The number of likely N-dealkylation sites (N-methyl/N-ethyl adjacent to an activating group) is 2. The van der Waals surface area contributed by atoms with Crippen LogP contribution in [0.25, 0.3) is 0 Å². The van der Waals surface area contributed by atoms with E-state index in [4.69, 9.17) is 0 Å². The Hall–Kier alpha value is -1.20. The van der Waals surface area contributed by atoms with Crippen molar-refractivity contribution < 1.29 is 9.59 Å². The summed E-state index contributed by atoms with van der Waals surface area (Å²) in [6.07, 6.45) is 0. The first-order chi connectivity index (χ1) is 8.02. The number of amides is 1. The monoisotopic (exact) mass is 298 g/mol. The van der Waals surface area contributed by atoms with Crippen molar-refractivity contribution in [2.45, 2.75) is 0 Å². The number of nitrogens with zero attached hydrogens (tertiary/aromatic N) is 1. The number of hydrogen-bond acceptors (Lipinski definition) is 3. The molecule has 0 spiro atoms. The van der Waals surface area contributed by atoms with E-state index in [1.165, 1.54) is 0 Å². The highest BCUT2D eigenvalue weighted by atomic mass is 79.9. The van der Waals surface area contributed by atoms with Gasteiger partial charge in [0.1, 0.15) is 0 Å². The van der Waals surface area contributed by atoms with Crippen LogP contribution in [0.15, 0.2) is 28.7 Å². The molecule has 0 aliphatic carbocycles. The van der Waals surface area contributed by atoms with E-state index in [1.54, 1.807) is 31.1 Å². The highest BCUT2D eigenvalue weighted by molar-refractivity contribution is 9.10. The third kappa shape index (κ3) is 4.66. The Bertz CT molecular complexity index is 403. The van der Waals surface area contributed by atoms with Crippen LogP contribution in [0.2, 0.25) is 0 Å². The molecule has 1 rings (SSSR count). The summed E-state index contributed by atoms with van der Waals surface area (Å²) in [5, 5.41) is 2.52. The summed E-state index contributed by atoms with van der Waals surface area (Å²) in [5.41, 5.74) is 0.650. The van der Waals surface area contributed by atoms with Crippen molar-refractivity contribution in [3.8, 4) is 0 Å². The van der Waals surface area contributed by atoms with Crippen molar-refractivity contribution in [3.05, 3.63) is 34.3 Å². The predicted octanol–water partition coefficient (Wildman–Crippen LogP) is 1.31. The van der Waals surface area contributed by atoms with Gasteiger partial charge in [0.15, 0.2) is 5.78 Å². The summed E-state index contributed by atoms with van der Waals surface area (Å²) in [7, 11) is 3.32. The van der Waals surface area contributed by atoms with Gasteiger partial charge in [-0.25, -0.2) is 0 Å². The van der Waals surface area contributed by atoms with Crippen LogP contribution in [-0.2, 0) is 4.79 Å². The normalized spacial score (nSPS) is 10.4. The molecule has 0 aliphatic rings. The number of Topliss-reactive ketones (excluding diaryl/α,β-unsaturated/α-hetero) is 1. The molecule has 0 saturated heterocycles. The first kappa shape index (κ1) is 13.9. The third-order valence-corrected chi connectivity index (χ3v) is 2.80. The van der Waals surface area contributed by atoms with Gasteiger partial charge in [-0.3, -0.25) is 14.5 Å². The van der Waals surface area contributed by atoms with Crippen LogP contribution in [0.5, 0.6) is 0 Å². The van der Waals surface area contributed by atoms with Crippen LogP contribution in [0.3, 0.4) is 0 Å². The molecule has 0 saturated carbocycles. The summed E-state index contributed by atoms with van der Waals surface area (Å²) in [6.45, 7) is 0.452. The quantitative estimate of drug-likeness (QED) is 0.834. The lowest BCUT2D eigenvalue weighted by Gasteiger charge is -2.14.